The lowest BCUT2D eigenvalue weighted by Crippen LogP contribution is -2.15. The average molecular weight is 452 g/mol. The fourth-order valence-electron chi connectivity index (χ4n) is 4.35. The Morgan fingerprint density at radius 2 is 1.91 bits per heavy atom. The zero-order valence-corrected chi connectivity index (χ0v) is 18.1. The van der Waals surface area contributed by atoms with Gasteiger partial charge < -0.3 is 9.52 Å². The number of hydrogen-bond acceptors (Lipinski definition) is 6. The van der Waals surface area contributed by atoms with E-state index in [-0.39, 0.29) is 17.6 Å². The van der Waals surface area contributed by atoms with Crippen LogP contribution in [0.1, 0.15) is 43.7 Å². The minimum Gasteiger partial charge on any atom is -0.508 e. The number of rotatable bonds is 5. The Hall–Kier alpha value is -3.13. The van der Waals surface area contributed by atoms with E-state index >= 15 is 0 Å². The first-order chi connectivity index (χ1) is 15.6. The van der Waals surface area contributed by atoms with Crippen molar-refractivity contribution >= 4 is 22.7 Å². The van der Waals surface area contributed by atoms with Crippen LogP contribution in [-0.2, 0) is 5.75 Å². The number of phenolic OH excluding ortho intramolecular Hbond substituents is 1. The van der Waals surface area contributed by atoms with Gasteiger partial charge in [0.1, 0.15) is 17.1 Å². The maximum Gasteiger partial charge on any atom is 0.336 e. The average Bonchev–Trinajstić information content (AvgIpc) is 3.21. The van der Waals surface area contributed by atoms with Crippen LogP contribution in [-0.4, -0.2) is 19.9 Å². The lowest BCUT2D eigenvalue weighted by Gasteiger charge is -2.25. The highest BCUT2D eigenvalue weighted by molar-refractivity contribution is 7.98. The third-order valence-corrected chi connectivity index (χ3v) is 6.88. The smallest absolute Gasteiger partial charge is 0.336 e. The summed E-state index contributed by atoms with van der Waals surface area (Å²) in [5.41, 5.74) is 1.10. The van der Waals surface area contributed by atoms with Crippen molar-refractivity contribution in [2.75, 3.05) is 0 Å². The second-order valence-corrected chi connectivity index (χ2v) is 8.95. The van der Waals surface area contributed by atoms with Crippen molar-refractivity contribution in [3.05, 3.63) is 70.3 Å². The molecule has 1 aliphatic rings. The zero-order chi connectivity index (χ0) is 22.1. The maximum atomic E-state index is 14.6. The molecular formula is C24H22FN3O3S. The van der Waals surface area contributed by atoms with Gasteiger partial charge in [0.25, 0.3) is 0 Å². The van der Waals surface area contributed by atoms with Crippen LogP contribution in [0.15, 0.2) is 62.9 Å². The summed E-state index contributed by atoms with van der Waals surface area (Å²) in [6.07, 6.45) is 5.46. The number of phenols is 1. The van der Waals surface area contributed by atoms with Crippen LogP contribution in [0.25, 0.3) is 22.4 Å². The van der Waals surface area contributed by atoms with E-state index < -0.39 is 5.63 Å². The standard InChI is InChI=1S/C24H22FN3O3S/c25-20-9-5-4-8-19(20)23-26-27-24(28(23)16-6-2-1-3-7-16)32-14-15-12-22(30)31-21-13-17(29)10-11-18(15)21/h4-5,8-13,16,29H,1-3,6-7,14H2. The van der Waals surface area contributed by atoms with Crippen molar-refractivity contribution in [3.63, 3.8) is 0 Å². The van der Waals surface area contributed by atoms with Crippen LogP contribution >= 0.6 is 11.8 Å². The molecule has 2 aromatic carbocycles. The highest BCUT2D eigenvalue weighted by atomic mass is 32.2. The second-order valence-electron chi connectivity index (χ2n) is 8.01. The Labute approximate surface area is 188 Å². The summed E-state index contributed by atoms with van der Waals surface area (Å²) in [5, 5.41) is 19.9. The zero-order valence-electron chi connectivity index (χ0n) is 17.3. The van der Waals surface area contributed by atoms with Crippen molar-refractivity contribution in [2.24, 2.45) is 0 Å². The maximum absolute atomic E-state index is 14.6. The Morgan fingerprint density at radius 3 is 2.72 bits per heavy atom. The molecule has 5 rings (SSSR count). The number of benzene rings is 2. The fourth-order valence-corrected chi connectivity index (χ4v) is 5.35. The van der Waals surface area contributed by atoms with E-state index in [1.807, 2.05) is 0 Å². The first kappa shape index (κ1) is 20.8. The predicted molar refractivity (Wildman–Crippen MR) is 121 cm³/mol. The third kappa shape index (κ3) is 4.02. The van der Waals surface area contributed by atoms with Gasteiger partial charge in [0, 0.05) is 29.3 Å². The van der Waals surface area contributed by atoms with E-state index in [1.54, 1.807) is 30.3 Å². The summed E-state index contributed by atoms with van der Waals surface area (Å²) in [6.45, 7) is 0. The molecule has 1 saturated carbocycles. The molecule has 32 heavy (non-hydrogen) atoms. The van der Waals surface area contributed by atoms with Crippen LogP contribution in [0, 0.1) is 5.82 Å². The quantitative estimate of drug-likeness (QED) is 0.310. The predicted octanol–water partition coefficient (Wildman–Crippen LogP) is 5.69. The van der Waals surface area contributed by atoms with Gasteiger partial charge in [-0.05, 0) is 42.7 Å². The van der Waals surface area contributed by atoms with Gasteiger partial charge in [0.2, 0.25) is 0 Å². The van der Waals surface area contributed by atoms with Gasteiger partial charge in [-0.25, -0.2) is 9.18 Å². The van der Waals surface area contributed by atoms with Gasteiger partial charge >= 0.3 is 5.63 Å². The summed E-state index contributed by atoms with van der Waals surface area (Å²) in [5.74, 6) is 0.728. The molecule has 2 aromatic heterocycles. The minimum atomic E-state index is -0.473. The van der Waals surface area contributed by atoms with E-state index in [9.17, 15) is 14.3 Å². The van der Waals surface area contributed by atoms with Crippen molar-refractivity contribution in [2.45, 2.75) is 49.1 Å². The summed E-state index contributed by atoms with van der Waals surface area (Å²) >= 11 is 1.47. The van der Waals surface area contributed by atoms with Crippen molar-refractivity contribution in [3.8, 4) is 17.1 Å². The number of hydrogen-bond donors (Lipinski definition) is 1. The number of halogens is 1. The summed E-state index contributed by atoms with van der Waals surface area (Å²) < 4.78 is 21.9. The van der Waals surface area contributed by atoms with Gasteiger partial charge in [-0.3, -0.25) is 4.57 Å². The van der Waals surface area contributed by atoms with Crippen LogP contribution in [0.2, 0.25) is 0 Å². The van der Waals surface area contributed by atoms with Gasteiger partial charge in [0.15, 0.2) is 11.0 Å². The number of aromatic hydroxyl groups is 1. The van der Waals surface area contributed by atoms with Crippen LogP contribution in [0.5, 0.6) is 5.75 Å². The van der Waals surface area contributed by atoms with Gasteiger partial charge in [-0.15, -0.1) is 10.2 Å². The molecule has 0 saturated heterocycles. The Kier molecular flexibility index (Phi) is 5.70. The third-order valence-electron chi connectivity index (χ3n) is 5.89. The molecule has 0 spiro atoms. The monoisotopic (exact) mass is 451 g/mol. The van der Waals surface area contributed by atoms with Gasteiger partial charge in [-0.2, -0.15) is 0 Å². The second kappa shape index (κ2) is 8.78. The lowest BCUT2D eigenvalue weighted by atomic mass is 9.95. The van der Waals surface area contributed by atoms with Crippen LogP contribution < -0.4 is 5.63 Å². The molecular weight excluding hydrogens is 429 g/mol. The summed E-state index contributed by atoms with van der Waals surface area (Å²) in [7, 11) is 0. The SMILES string of the molecule is O=c1cc(CSc2nnc(-c3ccccc3F)n2C2CCCCC2)c2ccc(O)cc2o1. The molecule has 6 nitrogen and oxygen atoms in total. The van der Waals surface area contributed by atoms with E-state index in [2.05, 4.69) is 14.8 Å². The molecule has 164 valence electrons. The summed E-state index contributed by atoms with van der Waals surface area (Å²) in [6, 6.07) is 13.1. The molecule has 4 aromatic rings. The topological polar surface area (TPSA) is 81.2 Å². The number of thioether (sulfide) groups is 1. The van der Waals surface area contributed by atoms with Crippen LogP contribution in [0.4, 0.5) is 4.39 Å². The molecule has 0 atom stereocenters. The van der Waals surface area contributed by atoms with Gasteiger partial charge in [-0.1, -0.05) is 43.2 Å². The summed E-state index contributed by atoms with van der Waals surface area (Å²) in [4.78, 5) is 12.0. The molecule has 8 heteroatoms. The number of aromatic nitrogens is 3. The first-order valence-electron chi connectivity index (χ1n) is 10.7. The van der Waals surface area contributed by atoms with Crippen molar-refractivity contribution in [1.82, 2.24) is 14.8 Å². The van der Waals surface area contributed by atoms with Crippen molar-refractivity contribution < 1.29 is 13.9 Å². The molecule has 0 amide bonds. The lowest BCUT2D eigenvalue weighted by molar-refractivity contribution is 0.339. The molecule has 0 aliphatic heterocycles. The molecule has 0 radical (unpaired) electrons. The van der Waals surface area contributed by atoms with E-state index in [1.165, 1.54) is 36.4 Å². The minimum absolute atomic E-state index is 0.0389. The highest BCUT2D eigenvalue weighted by Crippen LogP contribution is 2.37. The van der Waals surface area contributed by atoms with E-state index in [4.69, 9.17) is 4.42 Å². The number of nitrogens with zero attached hydrogens (tertiary/aromatic N) is 3. The fraction of sp³-hybridized carbons (Fsp3) is 0.292. The normalized spacial score (nSPS) is 14.8. The molecule has 0 unspecified atom stereocenters. The molecule has 0 bridgehead atoms. The Morgan fingerprint density at radius 1 is 1.09 bits per heavy atom. The Balaban J connectivity index is 1.53. The first-order valence-corrected chi connectivity index (χ1v) is 11.7. The van der Waals surface area contributed by atoms with Crippen molar-refractivity contribution in [1.29, 1.82) is 0 Å². The van der Waals surface area contributed by atoms with E-state index in [0.717, 1.165) is 36.6 Å². The molecule has 2 heterocycles. The number of fused-ring (bicyclic) bond motifs is 1. The highest BCUT2D eigenvalue weighted by Gasteiger charge is 2.25. The van der Waals surface area contributed by atoms with E-state index in [0.29, 0.717) is 27.9 Å². The van der Waals surface area contributed by atoms with Crippen LogP contribution in [0.3, 0.4) is 0 Å². The Bertz CT molecular complexity index is 1330. The van der Waals surface area contributed by atoms with Gasteiger partial charge in [0.05, 0.1) is 5.56 Å². The molecule has 1 N–H and O–H groups in total. The largest absolute Gasteiger partial charge is 0.508 e. The molecule has 1 fully saturated rings. The molecule has 1 aliphatic carbocycles.